The van der Waals surface area contributed by atoms with Gasteiger partial charge >= 0.3 is 0 Å². The zero-order valence-electron chi connectivity index (χ0n) is 13.4. The van der Waals surface area contributed by atoms with Crippen LogP contribution in [0.3, 0.4) is 0 Å². The first-order valence-corrected chi connectivity index (χ1v) is 7.99. The van der Waals surface area contributed by atoms with Crippen LogP contribution < -0.4 is 5.32 Å². The summed E-state index contributed by atoms with van der Waals surface area (Å²) in [6.45, 7) is 2.77. The summed E-state index contributed by atoms with van der Waals surface area (Å²) < 4.78 is 3.70. The predicted octanol–water partition coefficient (Wildman–Crippen LogP) is 1.52. The maximum atomic E-state index is 12.4. The summed E-state index contributed by atoms with van der Waals surface area (Å²) in [5, 5.41) is 11.1. The van der Waals surface area contributed by atoms with Crippen LogP contribution >= 0.6 is 0 Å². The van der Waals surface area contributed by atoms with E-state index in [2.05, 4.69) is 25.2 Å². The maximum Gasteiger partial charge on any atom is 0.273 e. The van der Waals surface area contributed by atoms with Crippen LogP contribution in [0.4, 0.5) is 0 Å². The van der Waals surface area contributed by atoms with Gasteiger partial charge in [-0.3, -0.25) is 4.79 Å². The van der Waals surface area contributed by atoms with Gasteiger partial charge in [-0.25, -0.2) is 9.67 Å². The molecule has 3 heterocycles. The molecule has 122 valence electrons. The number of nitrogens with zero attached hydrogens (tertiary/aromatic N) is 5. The van der Waals surface area contributed by atoms with E-state index in [4.69, 9.17) is 0 Å². The Kier molecular flexibility index (Phi) is 3.60. The van der Waals surface area contributed by atoms with Gasteiger partial charge in [-0.05, 0) is 25.5 Å². The van der Waals surface area contributed by atoms with Crippen molar-refractivity contribution in [2.24, 2.45) is 0 Å². The minimum Gasteiger partial charge on any atom is -0.346 e. The van der Waals surface area contributed by atoms with Gasteiger partial charge in [0.2, 0.25) is 0 Å². The summed E-state index contributed by atoms with van der Waals surface area (Å²) in [5.41, 5.74) is 2.38. The molecule has 7 heteroatoms. The van der Waals surface area contributed by atoms with Gasteiger partial charge in [0, 0.05) is 31.4 Å². The minimum absolute atomic E-state index is 0.0868. The first-order chi connectivity index (χ1) is 11.7. The largest absolute Gasteiger partial charge is 0.346 e. The van der Waals surface area contributed by atoms with Crippen molar-refractivity contribution in [2.75, 3.05) is 0 Å². The Bertz CT molecular complexity index is 863. The van der Waals surface area contributed by atoms with Gasteiger partial charge in [-0.2, -0.15) is 0 Å². The molecule has 0 radical (unpaired) electrons. The molecule has 0 bridgehead atoms. The number of fused-ring (bicyclic) bond motifs is 1. The van der Waals surface area contributed by atoms with Gasteiger partial charge in [0.1, 0.15) is 5.82 Å². The van der Waals surface area contributed by atoms with Crippen molar-refractivity contribution in [2.45, 2.75) is 32.4 Å². The third-order valence-electron chi connectivity index (χ3n) is 4.29. The van der Waals surface area contributed by atoms with Gasteiger partial charge in [-0.1, -0.05) is 22.9 Å². The minimum atomic E-state index is -0.193. The Morgan fingerprint density at radius 1 is 1.29 bits per heavy atom. The average molecular weight is 322 g/mol. The normalized spacial score (nSPS) is 16.6. The summed E-state index contributed by atoms with van der Waals surface area (Å²) in [6, 6.07) is 7.99. The Balaban J connectivity index is 1.45. The van der Waals surface area contributed by atoms with E-state index < -0.39 is 0 Å². The molecule has 1 aliphatic heterocycles. The first kappa shape index (κ1) is 14.6. The number of rotatable bonds is 3. The smallest absolute Gasteiger partial charge is 0.273 e. The summed E-state index contributed by atoms with van der Waals surface area (Å²) in [7, 11) is 0. The van der Waals surface area contributed by atoms with E-state index in [1.54, 1.807) is 17.1 Å². The first-order valence-electron chi connectivity index (χ1n) is 7.99. The monoisotopic (exact) mass is 322 g/mol. The number of nitrogens with one attached hydrogen (secondary N) is 1. The van der Waals surface area contributed by atoms with Crippen molar-refractivity contribution in [3.05, 3.63) is 59.9 Å². The lowest BCUT2D eigenvalue weighted by Crippen LogP contribution is -2.41. The number of benzene rings is 1. The molecular weight excluding hydrogens is 304 g/mol. The molecule has 0 unspecified atom stereocenters. The van der Waals surface area contributed by atoms with Gasteiger partial charge < -0.3 is 9.88 Å². The molecule has 1 aliphatic rings. The average Bonchev–Trinajstić information content (AvgIpc) is 3.24. The van der Waals surface area contributed by atoms with Crippen LogP contribution in [0.15, 0.2) is 42.9 Å². The Morgan fingerprint density at radius 2 is 2.12 bits per heavy atom. The fraction of sp³-hybridized carbons (Fsp3) is 0.294. The lowest BCUT2D eigenvalue weighted by Gasteiger charge is -2.24. The quantitative estimate of drug-likeness (QED) is 0.793. The highest BCUT2D eigenvalue weighted by Gasteiger charge is 2.22. The van der Waals surface area contributed by atoms with Crippen LogP contribution in [0.2, 0.25) is 0 Å². The fourth-order valence-electron chi connectivity index (χ4n) is 2.94. The molecule has 24 heavy (non-hydrogen) atoms. The number of carbonyl (C=O) groups is 1. The van der Waals surface area contributed by atoms with E-state index in [0.29, 0.717) is 5.69 Å². The van der Waals surface area contributed by atoms with Crippen LogP contribution in [0.25, 0.3) is 5.69 Å². The van der Waals surface area contributed by atoms with Crippen molar-refractivity contribution in [1.82, 2.24) is 29.9 Å². The fourth-order valence-corrected chi connectivity index (χ4v) is 2.94. The lowest BCUT2D eigenvalue weighted by atomic mass is 10.1. The maximum absolute atomic E-state index is 12.4. The van der Waals surface area contributed by atoms with Crippen molar-refractivity contribution in [3.63, 3.8) is 0 Å². The van der Waals surface area contributed by atoms with Crippen LogP contribution in [-0.2, 0) is 13.0 Å². The van der Waals surface area contributed by atoms with Crippen LogP contribution in [-0.4, -0.2) is 36.5 Å². The molecule has 1 amide bonds. The number of aromatic nitrogens is 5. The standard InChI is InChI=1S/C17H18N6O/c1-12-2-5-14(6-3-12)23-11-15(20-21-23)17(24)19-13-4-7-16-18-8-9-22(16)10-13/h2-3,5-6,8-9,11,13H,4,7,10H2,1H3,(H,19,24)/t13-/m0/s1. The highest BCUT2D eigenvalue weighted by atomic mass is 16.2. The second kappa shape index (κ2) is 5.92. The molecule has 0 spiro atoms. The topological polar surface area (TPSA) is 77.6 Å². The number of hydrogen-bond acceptors (Lipinski definition) is 4. The SMILES string of the molecule is Cc1ccc(-n2cc(C(=O)N[C@H]3CCc4nccn4C3)nn2)cc1. The molecule has 0 aliphatic carbocycles. The van der Waals surface area contributed by atoms with Crippen molar-refractivity contribution in [1.29, 1.82) is 0 Å². The van der Waals surface area contributed by atoms with Crippen LogP contribution in [0.5, 0.6) is 0 Å². The molecule has 0 fully saturated rings. The summed E-state index contributed by atoms with van der Waals surface area (Å²) in [4.78, 5) is 16.7. The highest BCUT2D eigenvalue weighted by molar-refractivity contribution is 5.92. The van der Waals surface area contributed by atoms with Crippen LogP contribution in [0, 0.1) is 6.92 Å². The summed E-state index contributed by atoms with van der Waals surface area (Å²) in [5.74, 6) is 0.882. The lowest BCUT2D eigenvalue weighted by molar-refractivity contribution is 0.0922. The molecule has 1 aromatic carbocycles. The van der Waals surface area contributed by atoms with E-state index in [9.17, 15) is 4.79 Å². The number of hydrogen-bond donors (Lipinski definition) is 1. The zero-order valence-corrected chi connectivity index (χ0v) is 13.4. The zero-order chi connectivity index (χ0) is 16.5. The van der Waals surface area contributed by atoms with Gasteiger partial charge in [0.25, 0.3) is 5.91 Å². The van der Waals surface area contributed by atoms with Gasteiger partial charge in [0.15, 0.2) is 5.69 Å². The Morgan fingerprint density at radius 3 is 2.96 bits per heavy atom. The van der Waals surface area contributed by atoms with E-state index in [1.807, 2.05) is 37.4 Å². The molecule has 3 aromatic rings. The molecule has 0 saturated carbocycles. The van der Waals surface area contributed by atoms with Crippen molar-refractivity contribution < 1.29 is 4.79 Å². The van der Waals surface area contributed by atoms with E-state index in [0.717, 1.165) is 30.9 Å². The Hall–Kier alpha value is -2.96. The second-order valence-electron chi connectivity index (χ2n) is 6.09. The molecule has 7 nitrogen and oxygen atoms in total. The van der Waals surface area contributed by atoms with Crippen molar-refractivity contribution in [3.8, 4) is 5.69 Å². The van der Waals surface area contributed by atoms with Crippen molar-refractivity contribution >= 4 is 5.91 Å². The predicted molar refractivity (Wildman–Crippen MR) is 87.9 cm³/mol. The molecule has 1 N–H and O–H groups in total. The van der Waals surface area contributed by atoms with Gasteiger partial charge in [-0.15, -0.1) is 5.10 Å². The Labute approximate surface area is 139 Å². The van der Waals surface area contributed by atoms with E-state index in [-0.39, 0.29) is 11.9 Å². The number of carbonyl (C=O) groups excluding carboxylic acids is 1. The second-order valence-corrected chi connectivity index (χ2v) is 6.09. The molecule has 1 atom stereocenters. The molecule has 2 aromatic heterocycles. The van der Waals surface area contributed by atoms with E-state index >= 15 is 0 Å². The molecule has 4 rings (SSSR count). The third kappa shape index (κ3) is 2.80. The molecule has 0 saturated heterocycles. The number of imidazole rings is 1. The number of aryl methyl sites for hydroxylation is 2. The van der Waals surface area contributed by atoms with Gasteiger partial charge in [0.05, 0.1) is 11.9 Å². The summed E-state index contributed by atoms with van der Waals surface area (Å²) >= 11 is 0. The molecular formula is C17H18N6O. The third-order valence-corrected chi connectivity index (χ3v) is 4.29. The number of amides is 1. The highest BCUT2D eigenvalue weighted by Crippen LogP contribution is 2.14. The van der Waals surface area contributed by atoms with E-state index in [1.165, 1.54) is 5.56 Å². The van der Waals surface area contributed by atoms with Crippen LogP contribution in [0.1, 0.15) is 28.3 Å². The summed E-state index contributed by atoms with van der Waals surface area (Å²) in [6.07, 6.45) is 7.16.